The molecule has 2 rings (SSSR count). The summed E-state index contributed by atoms with van der Waals surface area (Å²) in [5.41, 5.74) is -0.687. The number of rotatable bonds is 4. The maximum absolute atomic E-state index is 13.5. The summed E-state index contributed by atoms with van der Waals surface area (Å²) in [6.45, 7) is 1.41. The first-order valence-electron chi connectivity index (χ1n) is 6.36. The number of hydrogen-bond acceptors (Lipinski definition) is 5. The van der Waals surface area contributed by atoms with E-state index < -0.39 is 26.5 Å². The van der Waals surface area contributed by atoms with Crippen molar-refractivity contribution in [3.63, 3.8) is 0 Å². The molecule has 0 bridgehead atoms. The molecule has 0 aliphatic carbocycles. The molecule has 0 radical (unpaired) electrons. The lowest BCUT2D eigenvalue weighted by Gasteiger charge is -2.22. The van der Waals surface area contributed by atoms with Gasteiger partial charge in [-0.05, 0) is 37.1 Å². The van der Waals surface area contributed by atoms with E-state index in [0.29, 0.717) is 5.75 Å². The highest BCUT2D eigenvalue weighted by Crippen LogP contribution is 2.26. The predicted molar refractivity (Wildman–Crippen MR) is 78.5 cm³/mol. The molecular weight excluding hydrogens is 319 g/mol. The lowest BCUT2D eigenvalue weighted by molar-refractivity contribution is -0.387. The van der Waals surface area contributed by atoms with Gasteiger partial charge in [-0.25, -0.2) is 13.1 Å². The minimum Gasteiger partial charge on any atom is -0.258 e. The van der Waals surface area contributed by atoms with Gasteiger partial charge in [-0.2, -0.15) is 16.2 Å². The van der Waals surface area contributed by atoms with Gasteiger partial charge in [-0.1, -0.05) is 0 Å². The number of aryl methyl sites for hydroxylation is 1. The van der Waals surface area contributed by atoms with E-state index in [0.717, 1.165) is 30.7 Å². The third-order valence-corrected chi connectivity index (χ3v) is 6.09. The Morgan fingerprint density at radius 2 is 2.19 bits per heavy atom. The van der Waals surface area contributed by atoms with Crippen molar-refractivity contribution >= 4 is 27.5 Å². The highest BCUT2D eigenvalue weighted by Gasteiger charge is 2.27. The Bertz CT molecular complexity index is 657. The summed E-state index contributed by atoms with van der Waals surface area (Å²) >= 11 is 1.66. The Balaban J connectivity index is 2.34. The Morgan fingerprint density at radius 3 is 2.76 bits per heavy atom. The standard InChI is InChI=1S/C12H15FN2O4S2/c1-8-5-10(13)11(15(16)17)6-12(8)21(18,19)14-9-3-2-4-20-7-9/h5-6,9,14H,2-4,7H2,1H3. The van der Waals surface area contributed by atoms with E-state index in [1.807, 2.05) is 0 Å². The van der Waals surface area contributed by atoms with Crippen LogP contribution in [0.2, 0.25) is 0 Å². The molecule has 1 fully saturated rings. The molecule has 1 aliphatic heterocycles. The maximum atomic E-state index is 13.5. The molecule has 1 aromatic carbocycles. The molecule has 1 N–H and O–H groups in total. The number of halogens is 1. The van der Waals surface area contributed by atoms with Gasteiger partial charge in [-0.15, -0.1) is 0 Å². The van der Waals surface area contributed by atoms with E-state index in [1.54, 1.807) is 11.8 Å². The number of hydrogen-bond donors (Lipinski definition) is 1. The highest BCUT2D eigenvalue weighted by atomic mass is 32.2. The maximum Gasteiger partial charge on any atom is 0.306 e. The molecule has 0 amide bonds. The Hall–Kier alpha value is -1.19. The second kappa shape index (κ2) is 6.29. The van der Waals surface area contributed by atoms with Crippen LogP contribution < -0.4 is 4.72 Å². The van der Waals surface area contributed by atoms with Crippen LogP contribution in [-0.4, -0.2) is 30.9 Å². The fourth-order valence-electron chi connectivity index (χ4n) is 2.19. The lowest BCUT2D eigenvalue weighted by atomic mass is 10.2. The van der Waals surface area contributed by atoms with Gasteiger partial charge in [0.1, 0.15) is 0 Å². The van der Waals surface area contributed by atoms with Crippen molar-refractivity contribution in [3.8, 4) is 0 Å². The zero-order valence-electron chi connectivity index (χ0n) is 11.3. The van der Waals surface area contributed by atoms with Gasteiger partial charge in [0.2, 0.25) is 15.8 Å². The fraction of sp³-hybridized carbons (Fsp3) is 0.500. The van der Waals surface area contributed by atoms with Crippen molar-refractivity contribution in [2.45, 2.75) is 30.7 Å². The summed E-state index contributed by atoms with van der Waals surface area (Å²) in [5, 5.41) is 10.7. The van der Waals surface area contributed by atoms with Gasteiger partial charge in [0.05, 0.1) is 9.82 Å². The van der Waals surface area contributed by atoms with Crippen LogP contribution in [0.3, 0.4) is 0 Å². The molecule has 1 saturated heterocycles. The summed E-state index contributed by atoms with van der Waals surface area (Å²) in [6, 6.07) is 1.46. The minimum absolute atomic E-state index is 0.147. The average molecular weight is 334 g/mol. The Labute approximate surface area is 126 Å². The summed E-state index contributed by atoms with van der Waals surface area (Å²) in [5.74, 6) is 0.630. The highest BCUT2D eigenvalue weighted by molar-refractivity contribution is 7.99. The van der Waals surface area contributed by atoms with Crippen LogP contribution in [-0.2, 0) is 10.0 Å². The van der Waals surface area contributed by atoms with Gasteiger partial charge < -0.3 is 0 Å². The smallest absolute Gasteiger partial charge is 0.258 e. The molecule has 1 unspecified atom stereocenters. The molecule has 116 valence electrons. The molecule has 1 aliphatic rings. The van der Waals surface area contributed by atoms with Gasteiger partial charge in [0.15, 0.2) is 0 Å². The number of nitro groups is 1. The number of nitrogens with one attached hydrogen (secondary N) is 1. The topological polar surface area (TPSA) is 89.3 Å². The largest absolute Gasteiger partial charge is 0.306 e. The van der Waals surface area contributed by atoms with Gasteiger partial charge in [-0.3, -0.25) is 10.1 Å². The molecule has 0 aromatic heterocycles. The second-order valence-electron chi connectivity index (χ2n) is 4.86. The minimum atomic E-state index is -3.90. The normalized spacial score (nSPS) is 19.4. The van der Waals surface area contributed by atoms with E-state index >= 15 is 0 Å². The molecule has 0 saturated carbocycles. The number of sulfonamides is 1. The first-order chi connectivity index (χ1) is 9.81. The second-order valence-corrected chi connectivity index (χ2v) is 7.69. The molecule has 1 heterocycles. The van der Waals surface area contributed by atoms with E-state index in [9.17, 15) is 22.9 Å². The SMILES string of the molecule is Cc1cc(F)c([N+](=O)[O-])cc1S(=O)(=O)NC1CCCSC1. The molecule has 21 heavy (non-hydrogen) atoms. The quantitative estimate of drug-likeness (QED) is 0.673. The van der Waals surface area contributed by atoms with Crippen molar-refractivity contribution in [2.75, 3.05) is 11.5 Å². The monoisotopic (exact) mass is 334 g/mol. The average Bonchev–Trinajstić information content (AvgIpc) is 2.38. The summed E-state index contributed by atoms with van der Waals surface area (Å²) in [7, 11) is -3.90. The van der Waals surface area contributed by atoms with Gasteiger partial charge >= 0.3 is 5.69 Å². The first-order valence-corrected chi connectivity index (χ1v) is 8.99. The van der Waals surface area contributed by atoms with Crippen molar-refractivity contribution < 1.29 is 17.7 Å². The lowest BCUT2D eigenvalue weighted by Crippen LogP contribution is -2.38. The molecule has 9 heteroatoms. The zero-order chi connectivity index (χ0) is 15.6. The van der Waals surface area contributed by atoms with Crippen LogP contribution >= 0.6 is 11.8 Å². The summed E-state index contributed by atoms with van der Waals surface area (Å²) < 4.78 is 40.7. The van der Waals surface area contributed by atoms with Crippen molar-refractivity contribution in [3.05, 3.63) is 33.6 Å². The van der Waals surface area contributed by atoms with Gasteiger partial charge in [0.25, 0.3) is 0 Å². The molecular formula is C12H15FN2O4S2. The fourth-order valence-corrected chi connectivity index (χ4v) is 4.88. The predicted octanol–water partition coefficient (Wildman–Crippen LogP) is 2.22. The van der Waals surface area contributed by atoms with Gasteiger partial charge in [0, 0.05) is 17.9 Å². The number of nitrogens with zero attached hydrogens (tertiary/aromatic N) is 1. The number of nitro benzene ring substituents is 1. The van der Waals surface area contributed by atoms with E-state index in [-0.39, 0.29) is 16.5 Å². The molecule has 0 spiro atoms. The molecule has 6 nitrogen and oxygen atoms in total. The third kappa shape index (κ3) is 3.72. The molecule has 1 aromatic rings. The van der Waals surface area contributed by atoms with Crippen LogP contribution in [0, 0.1) is 22.9 Å². The Morgan fingerprint density at radius 1 is 1.48 bits per heavy atom. The van der Waals surface area contributed by atoms with E-state index in [1.165, 1.54) is 6.92 Å². The van der Waals surface area contributed by atoms with E-state index in [4.69, 9.17) is 0 Å². The van der Waals surface area contributed by atoms with Crippen LogP contribution in [0.4, 0.5) is 10.1 Å². The van der Waals surface area contributed by atoms with Crippen LogP contribution in [0.5, 0.6) is 0 Å². The summed E-state index contributed by atoms with van der Waals surface area (Å²) in [6.07, 6.45) is 1.65. The van der Waals surface area contributed by atoms with Crippen LogP contribution in [0.25, 0.3) is 0 Å². The Kier molecular flexibility index (Phi) is 4.84. The van der Waals surface area contributed by atoms with Crippen molar-refractivity contribution in [1.29, 1.82) is 0 Å². The number of thioether (sulfide) groups is 1. The van der Waals surface area contributed by atoms with Crippen LogP contribution in [0.1, 0.15) is 18.4 Å². The third-order valence-electron chi connectivity index (χ3n) is 3.21. The zero-order valence-corrected chi connectivity index (χ0v) is 13.0. The molecule has 1 atom stereocenters. The first kappa shape index (κ1) is 16.2. The van der Waals surface area contributed by atoms with E-state index in [2.05, 4.69) is 4.72 Å². The number of benzene rings is 1. The summed E-state index contributed by atoms with van der Waals surface area (Å²) in [4.78, 5) is 9.58. The van der Waals surface area contributed by atoms with Crippen molar-refractivity contribution in [1.82, 2.24) is 4.72 Å². The van der Waals surface area contributed by atoms with Crippen molar-refractivity contribution in [2.24, 2.45) is 0 Å². The van der Waals surface area contributed by atoms with Crippen LogP contribution in [0.15, 0.2) is 17.0 Å².